The van der Waals surface area contributed by atoms with E-state index in [0.717, 1.165) is 0 Å². The van der Waals surface area contributed by atoms with Crippen molar-refractivity contribution in [2.45, 2.75) is 20.8 Å². The first-order chi connectivity index (χ1) is 15.7. The fourth-order valence-electron chi connectivity index (χ4n) is 3.39. The minimum absolute atomic E-state index is 0.0574. The second kappa shape index (κ2) is 8.73. The summed E-state index contributed by atoms with van der Waals surface area (Å²) in [5.41, 5.74) is 1.32. The lowest BCUT2D eigenvalue weighted by molar-refractivity contribution is -0.132. The Labute approximate surface area is 190 Å². The molecule has 0 saturated heterocycles. The van der Waals surface area contributed by atoms with Gasteiger partial charge in [-0.05, 0) is 30.3 Å². The SMILES string of the molecule is CC(C)(C)C(=O)N1CCOc2ccc(NC(=O)C(=O)Nc3ccccc3-n3ccnn3)cc21. The highest BCUT2D eigenvalue weighted by Gasteiger charge is 2.32. The molecular formula is C23H24N6O4. The maximum absolute atomic E-state index is 12.9. The monoisotopic (exact) mass is 448 g/mol. The number of hydrogen-bond acceptors (Lipinski definition) is 6. The van der Waals surface area contributed by atoms with Gasteiger partial charge in [-0.3, -0.25) is 14.4 Å². The highest BCUT2D eigenvalue weighted by Crippen LogP contribution is 2.36. The minimum atomic E-state index is -0.853. The van der Waals surface area contributed by atoms with Crippen molar-refractivity contribution in [1.29, 1.82) is 0 Å². The van der Waals surface area contributed by atoms with Crippen molar-refractivity contribution in [3.05, 3.63) is 54.9 Å². The van der Waals surface area contributed by atoms with E-state index in [-0.39, 0.29) is 5.91 Å². The first-order valence-corrected chi connectivity index (χ1v) is 10.4. The van der Waals surface area contributed by atoms with E-state index < -0.39 is 17.2 Å². The average Bonchev–Trinajstić information content (AvgIpc) is 3.32. The molecule has 2 aromatic carbocycles. The summed E-state index contributed by atoms with van der Waals surface area (Å²) in [5, 5.41) is 12.9. The highest BCUT2D eigenvalue weighted by atomic mass is 16.5. The van der Waals surface area contributed by atoms with Crippen LogP contribution in [0.5, 0.6) is 5.75 Å². The molecule has 10 nitrogen and oxygen atoms in total. The second-order valence-electron chi connectivity index (χ2n) is 8.51. The molecule has 0 radical (unpaired) electrons. The van der Waals surface area contributed by atoms with E-state index in [1.54, 1.807) is 53.6 Å². The van der Waals surface area contributed by atoms with Gasteiger partial charge in [0.1, 0.15) is 12.4 Å². The van der Waals surface area contributed by atoms with Gasteiger partial charge in [0.05, 0.1) is 36.0 Å². The maximum Gasteiger partial charge on any atom is 0.314 e. The number of carbonyl (C=O) groups excluding carboxylic acids is 3. The van der Waals surface area contributed by atoms with Crippen LogP contribution in [0.4, 0.5) is 17.1 Å². The van der Waals surface area contributed by atoms with Crippen LogP contribution in [0.1, 0.15) is 20.8 Å². The predicted octanol–water partition coefficient (Wildman–Crippen LogP) is 2.62. The normalized spacial score (nSPS) is 13.0. The first-order valence-electron chi connectivity index (χ1n) is 10.4. The van der Waals surface area contributed by atoms with Crippen LogP contribution in [-0.4, -0.2) is 45.9 Å². The van der Waals surface area contributed by atoms with Crippen molar-refractivity contribution in [2.75, 3.05) is 28.7 Å². The Morgan fingerprint density at radius 2 is 1.76 bits per heavy atom. The molecule has 0 unspecified atom stereocenters. The molecule has 1 aromatic heterocycles. The quantitative estimate of drug-likeness (QED) is 0.595. The summed E-state index contributed by atoms with van der Waals surface area (Å²) in [6.07, 6.45) is 3.14. The lowest BCUT2D eigenvalue weighted by Gasteiger charge is -2.34. The van der Waals surface area contributed by atoms with Gasteiger partial charge in [0.25, 0.3) is 0 Å². The average molecular weight is 448 g/mol. The van der Waals surface area contributed by atoms with E-state index in [1.165, 1.54) is 10.9 Å². The van der Waals surface area contributed by atoms with E-state index in [4.69, 9.17) is 4.74 Å². The molecule has 170 valence electrons. The molecule has 0 bridgehead atoms. The third-order valence-electron chi connectivity index (χ3n) is 4.99. The molecule has 2 heterocycles. The lowest BCUT2D eigenvalue weighted by Crippen LogP contribution is -2.44. The third-order valence-corrected chi connectivity index (χ3v) is 4.99. The number of amides is 3. The molecule has 3 aromatic rings. The summed E-state index contributed by atoms with van der Waals surface area (Å²) in [7, 11) is 0. The van der Waals surface area contributed by atoms with Crippen LogP contribution >= 0.6 is 0 Å². The number of fused-ring (bicyclic) bond motifs is 1. The smallest absolute Gasteiger partial charge is 0.314 e. The number of anilines is 3. The number of benzene rings is 2. The molecule has 0 atom stereocenters. The Bertz CT molecular complexity index is 1200. The number of nitrogens with zero attached hydrogens (tertiary/aromatic N) is 4. The molecule has 1 aliphatic heterocycles. The molecule has 0 spiro atoms. The topological polar surface area (TPSA) is 118 Å². The van der Waals surface area contributed by atoms with E-state index in [1.807, 2.05) is 20.8 Å². The zero-order chi connectivity index (χ0) is 23.6. The Balaban J connectivity index is 1.51. The van der Waals surface area contributed by atoms with Crippen molar-refractivity contribution < 1.29 is 19.1 Å². The Kier molecular flexibility index (Phi) is 5.82. The summed E-state index contributed by atoms with van der Waals surface area (Å²) < 4.78 is 7.14. The zero-order valence-corrected chi connectivity index (χ0v) is 18.5. The fourth-order valence-corrected chi connectivity index (χ4v) is 3.39. The highest BCUT2D eigenvalue weighted by molar-refractivity contribution is 6.43. The molecule has 3 amide bonds. The molecular weight excluding hydrogens is 424 g/mol. The molecule has 2 N–H and O–H groups in total. The van der Waals surface area contributed by atoms with Gasteiger partial charge in [-0.15, -0.1) is 5.10 Å². The number of nitrogens with one attached hydrogen (secondary N) is 2. The number of hydrogen-bond donors (Lipinski definition) is 2. The van der Waals surface area contributed by atoms with E-state index in [2.05, 4.69) is 20.9 Å². The van der Waals surface area contributed by atoms with Crippen molar-refractivity contribution in [3.8, 4) is 11.4 Å². The van der Waals surface area contributed by atoms with Crippen LogP contribution in [0, 0.1) is 5.41 Å². The van der Waals surface area contributed by atoms with Crippen LogP contribution in [0.15, 0.2) is 54.9 Å². The van der Waals surface area contributed by atoms with Gasteiger partial charge in [0, 0.05) is 11.1 Å². The van der Waals surface area contributed by atoms with Crippen molar-refractivity contribution >= 4 is 34.8 Å². The van der Waals surface area contributed by atoms with Gasteiger partial charge in [-0.1, -0.05) is 38.1 Å². The van der Waals surface area contributed by atoms with Crippen LogP contribution < -0.4 is 20.3 Å². The van der Waals surface area contributed by atoms with E-state index >= 15 is 0 Å². The van der Waals surface area contributed by atoms with Gasteiger partial charge in [-0.25, -0.2) is 4.68 Å². The minimum Gasteiger partial charge on any atom is -0.490 e. The molecule has 1 aliphatic rings. The molecule has 0 saturated carbocycles. The van der Waals surface area contributed by atoms with Crippen molar-refractivity contribution in [3.63, 3.8) is 0 Å². The Hall–Kier alpha value is -4.21. The van der Waals surface area contributed by atoms with Crippen molar-refractivity contribution in [1.82, 2.24) is 15.0 Å². The fraction of sp³-hybridized carbons (Fsp3) is 0.261. The van der Waals surface area contributed by atoms with E-state index in [9.17, 15) is 14.4 Å². The molecule has 4 rings (SSSR count). The van der Waals surface area contributed by atoms with Crippen LogP contribution in [0.2, 0.25) is 0 Å². The summed E-state index contributed by atoms with van der Waals surface area (Å²) in [4.78, 5) is 39.7. The summed E-state index contributed by atoms with van der Waals surface area (Å²) in [6.45, 7) is 6.32. The largest absolute Gasteiger partial charge is 0.490 e. The van der Waals surface area contributed by atoms with Crippen LogP contribution in [0.25, 0.3) is 5.69 Å². The second-order valence-corrected chi connectivity index (χ2v) is 8.51. The number of carbonyl (C=O) groups is 3. The van der Waals surface area contributed by atoms with Gasteiger partial charge in [0.15, 0.2) is 0 Å². The Morgan fingerprint density at radius 3 is 2.48 bits per heavy atom. The van der Waals surface area contributed by atoms with Crippen LogP contribution in [-0.2, 0) is 14.4 Å². The van der Waals surface area contributed by atoms with Gasteiger partial charge in [0.2, 0.25) is 5.91 Å². The first kappa shape index (κ1) is 22.0. The number of rotatable bonds is 3. The molecule has 33 heavy (non-hydrogen) atoms. The third kappa shape index (κ3) is 4.69. The predicted molar refractivity (Wildman–Crippen MR) is 122 cm³/mol. The maximum atomic E-state index is 12.9. The summed E-state index contributed by atoms with van der Waals surface area (Å²) in [6, 6.07) is 11.8. The van der Waals surface area contributed by atoms with Gasteiger partial charge in [-0.2, -0.15) is 0 Å². The van der Waals surface area contributed by atoms with E-state index in [0.29, 0.717) is 41.7 Å². The Morgan fingerprint density at radius 1 is 1.00 bits per heavy atom. The van der Waals surface area contributed by atoms with Gasteiger partial charge >= 0.3 is 11.8 Å². The molecule has 0 aliphatic carbocycles. The standard InChI is InChI=1S/C23H24N6O4/c1-23(2,3)22(32)28-12-13-33-19-9-8-15(14-18(19)28)25-20(30)21(31)26-16-6-4-5-7-17(16)29-11-10-24-27-29/h4-11,14H,12-13H2,1-3H3,(H,25,30)(H,26,31). The van der Waals surface area contributed by atoms with Crippen LogP contribution in [0.3, 0.4) is 0 Å². The lowest BCUT2D eigenvalue weighted by atomic mass is 9.94. The summed E-state index contributed by atoms with van der Waals surface area (Å²) >= 11 is 0. The van der Waals surface area contributed by atoms with Crippen molar-refractivity contribution in [2.24, 2.45) is 5.41 Å². The molecule has 0 fully saturated rings. The summed E-state index contributed by atoms with van der Waals surface area (Å²) in [5.74, 6) is -1.21. The molecule has 10 heteroatoms. The zero-order valence-electron chi connectivity index (χ0n) is 18.5. The number of para-hydroxylation sites is 2. The number of ether oxygens (including phenoxy) is 1. The van der Waals surface area contributed by atoms with Gasteiger partial charge < -0.3 is 20.3 Å². The number of aromatic nitrogens is 3.